The number of hydrogen-bond donors (Lipinski definition) is 1. The van der Waals surface area contributed by atoms with Crippen LogP contribution in [0.15, 0.2) is 60.2 Å². The van der Waals surface area contributed by atoms with E-state index >= 15 is 0 Å². The summed E-state index contributed by atoms with van der Waals surface area (Å²) in [6.45, 7) is 7.70. The number of halogens is 2. The van der Waals surface area contributed by atoms with Crippen LogP contribution in [0.2, 0.25) is 10.0 Å². The number of aldehydes is 1. The van der Waals surface area contributed by atoms with E-state index in [2.05, 4.69) is 39.4 Å². The number of nitriles is 1. The number of likely N-dealkylation sites (tertiary alicyclic amines) is 1. The molecule has 44 heavy (non-hydrogen) atoms. The smallest absolute Gasteiger partial charge is 0.238 e. The largest absolute Gasteiger partial charge is 0.325 e. The fourth-order valence-corrected chi connectivity index (χ4v) is 6.62. The first-order valence-electron chi connectivity index (χ1n) is 15.9. The Balaban J connectivity index is 0.000000372. The third-order valence-electron chi connectivity index (χ3n) is 8.35. The molecular weight excluding hydrogens is 591 g/mol. The number of likely N-dealkylation sites (N-methyl/N-ethyl adjacent to an activating group) is 1. The summed E-state index contributed by atoms with van der Waals surface area (Å²) in [7, 11) is 2.01. The number of amides is 1. The third kappa shape index (κ3) is 11.2. The van der Waals surface area contributed by atoms with Gasteiger partial charge in [0, 0.05) is 34.7 Å². The fourth-order valence-electron chi connectivity index (χ4n) is 6.10. The summed E-state index contributed by atoms with van der Waals surface area (Å²) >= 11 is 12.0. The highest BCUT2D eigenvalue weighted by Gasteiger charge is 2.32. The summed E-state index contributed by atoms with van der Waals surface area (Å²) < 4.78 is 0. The molecule has 8 heteroatoms. The lowest BCUT2D eigenvalue weighted by Gasteiger charge is -2.25. The van der Waals surface area contributed by atoms with Gasteiger partial charge in [-0.15, -0.1) is 0 Å². The predicted molar refractivity (Wildman–Crippen MR) is 183 cm³/mol. The molecule has 1 amide bonds. The van der Waals surface area contributed by atoms with Gasteiger partial charge in [-0.25, -0.2) is 0 Å². The molecule has 1 N–H and O–H groups in total. The second kappa shape index (κ2) is 18.8. The highest BCUT2D eigenvalue weighted by atomic mass is 35.5. The van der Waals surface area contributed by atoms with Crippen LogP contribution in [0.5, 0.6) is 0 Å². The van der Waals surface area contributed by atoms with E-state index in [1.54, 1.807) is 18.2 Å². The first-order chi connectivity index (χ1) is 21.3. The number of nitrogens with zero attached hydrogens (tertiary/aromatic N) is 3. The molecule has 0 bridgehead atoms. The van der Waals surface area contributed by atoms with E-state index in [1.807, 2.05) is 39.1 Å². The van der Waals surface area contributed by atoms with E-state index in [4.69, 9.17) is 23.2 Å². The van der Waals surface area contributed by atoms with Crippen LogP contribution in [0.4, 0.5) is 5.69 Å². The van der Waals surface area contributed by atoms with E-state index in [0.717, 1.165) is 44.1 Å². The lowest BCUT2D eigenvalue weighted by Crippen LogP contribution is -2.36. The maximum absolute atomic E-state index is 12.5. The number of piperidine rings is 1. The lowest BCUT2D eigenvalue weighted by molar-refractivity contribution is -0.117. The first kappa shape index (κ1) is 35.5. The molecule has 1 heterocycles. The molecule has 236 valence electrons. The van der Waals surface area contributed by atoms with Gasteiger partial charge in [-0.3, -0.25) is 9.69 Å². The minimum absolute atomic E-state index is 0.0773. The fraction of sp³-hybridized carbons (Fsp3) is 0.472. The van der Waals surface area contributed by atoms with Crippen molar-refractivity contribution in [1.29, 1.82) is 5.26 Å². The average molecular weight is 638 g/mol. The summed E-state index contributed by atoms with van der Waals surface area (Å²) in [4.78, 5) is 27.1. The molecule has 3 aliphatic rings. The average Bonchev–Trinajstić information content (AvgIpc) is 3.34. The highest BCUT2D eigenvalue weighted by Crippen LogP contribution is 2.41. The van der Waals surface area contributed by atoms with Crippen molar-refractivity contribution in [3.63, 3.8) is 0 Å². The van der Waals surface area contributed by atoms with Crippen LogP contribution >= 0.6 is 23.2 Å². The number of allylic oxidation sites excluding steroid dienone is 3. The number of fused-ring (bicyclic) bond motifs is 1. The quantitative estimate of drug-likeness (QED) is 0.294. The molecule has 2 fully saturated rings. The van der Waals surface area contributed by atoms with Crippen LogP contribution in [0.3, 0.4) is 0 Å². The normalized spacial score (nSPS) is 19.5. The molecule has 1 aliphatic heterocycles. The van der Waals surface area contributed by atoms with E-state index in [-0.39, 0.29) is 5.91 Å². The minimum atomic E-state index is -0.0773. The number of rotatable bonds is 8. The Morgan fingerprint density at radius 1 is 1.09 bits per heavy atom. The Bertz CT molecular complexity index is 1320. The minimum Gasteiger partial charge on any atom is -0.325 e. The van der Waals surface area contributed by atoms with Gasteiger partial charge in [-0.1, -0.05) is 73.3 Å². The SMILES string of the molecule is CC.CN(CC(=O)Nc1cc(Cl)cc(Cl)c1)C1CC2=CC=C(c3cccc(C#N)c3)CCC2C1.O=CCCN1CCCCC1. The summed E-state index contributed by atoms with van der Waals surface area (Å²) in [6, 6.07) is 15.4. The van der Waals surface area contributed by atoms with Gasteiger partial charge in [0.05, 0.1) is 18.2 Å². The Morgan fingerprint density at radius 2 is 1.82 bits per heavy atom. The summed E-state index contributed by atoms with van der Waals surface area (Å²) in [5, 5.41) is 13.1. The zero-order chi connectivity index (χ0) is 31.9. The second-order valence-electron chi connectivity index (χ2n) is 11.4. The first-order valence-corrected chi connectivity index (χ1v) is 16.6. The molecule has 2 aliphatic carbocycles. The van der Waals surface area contributed by atoms with Gasteiger partial charge < -0.3 is 15.0 Å². The summed E-state index contributed by atoms with van der Waals surface area (Å²) in [6.07, 6.45) is 14.3. The standard InChI is InChI=1S/C26H25Cl2N3O.C8H15NO.C2H6/c1-31(16-26(32)30-24-13-22(27)12-23(28)14-24)25-10-20-7-5-18(6-8-21(20)11-25)19-4-2-3-17(9-19)15-29;10-8-4-7-9-5-2-1-3-6-9;1-2/h2-5,7,9,12-14,21,25H,6,8,10-11,16H2,1H3,(H,30,32);8H,1-7H2;1-2H3. The summed E-state index contributed by atoms with van der Waals surface area (Å²) in [5.41, 5.74) is 5.18. The Labute approximate surface area is 273 Å². The molecule has 0 spiro atoms. The van der Waals surface area contributed by atoms with Crippen molar-refractivity contribution in [3.8, 4) is 6.07 Å². The molecule has 2 atom stereocenters. The van der Waals surface area contributed by atoms with Crippen molar-refractivity contribution in [3.05, 3.63) is 81.4 Å². The van der Waals surface area contributed by atoms with Gasteiger partial charge in [-0.05, 0) is 106 Å². The van der Waals surface area contributed by atoms with Gasteiger partial charge in [0.2, 0.25) is 5.91 Å². The Kier molecular flexibility index (Phi) is 15.2. The Morgan fingerprint density at radius 3 is 2.50 bits per heavy atom. The zero-order valence-corrected chi connectivity index (χ0v) is 27.8. The van der Waals surface area contributed by atoms with E-state index in [1.165, 1.54) is 43.5 Å². The molecule has 1 saturated heterocycles. The zero-order valence-electron chi connectivity index (χ0n) is 26.3. The number of carbonyl (C=O) groups excluding carboxylic acids is 2. The molecule has 0 radical (unpaired) electrons. The molecule has 0 aromatic heterocycles. The molecule has 1 saturated carbocycles. The van der Waals surface area contributed by atoms with Crippen LogP contribution in [0.25, 0.3) is 5.57 Å². The molecule has 2 aromatic carbocycles. The van der Waals surface area contributed by atoms with Gasteiger partial charge in [-0.2, -0.15) is 5.26 Å². The van der Waals surface area contributed by atoms with Crippen LogP contribution in [-0.4, -0.2) is 61.3 Å². The monoisotopic (exact) mass is 636 g/mol. The van der Waals surface area contributed by atoms with E-state index in [9.17, 15) is 14.9 Å². The van der Waals surface area contributed by atoms with Gasteiger partial charge >= 0.3 is 0 Å². The molecular formula is C36H46Cl2N4O2. The van der Waals surface area contributed by atoms with Gasteiger partial charge in [0.25, 0.3) is 0 Å². The summed E-state index contributed by atoms with van der Waals surface area (Å²) in [5.74, 6) is 0.455. The van der Waals surface area contributed by atoms with Gasteiger partial charge in [0.15, 0.2) is 0 Å². The van der Waals surface area contributed by atoms with Gasteiger partial charge in [0.1, 0.15) is 6.29 Å². The van der Waals surface area contributed by atoms with Crippen molar-refractivity contribution >= 4 is 46.7 Å². The maximum atomic E-state index is 12.5. The number of nitrogens with one attached hydrogen (secondary N) is 1. The topological polar surface area (TPSA) is 76.4 Å². The van der Waals surface area contributed by atoms with Crippen molar-refractivity contribution in [2.24, 2.45) is 5.92 Å². The van der Waals surface area contributed by atoms with Crippen molar-refractivity contribution in [1.82, 2.24) is 9.80 Å². The predicted octanol–water partition coefficient (Wildman–Crippen LogP) is 8.41. The van der Waals surface area contributed by atoms with Crippen LogP contribution in [-0.2, 0) is 9.59 Å². The molecule has 5 rings (SSSR count). The lowest BCUT2D eigenvalue weighted by atomic mass is 9.94. The highest BCUT2D eigenvalue weighted by molar-refractivity contribution is 6.35. The third-order valence-corrected chi connectivity index (χ3v) is 8.79. The van der Waals surface area contributed by atoms with E-state index in [0.29, 0.717) is 46.2 Å². The molecule has 2 aromatic rings. The van der Waals surface area contributed by atoms with Crippen molar-refractivity contribution in [2.75, 3.05) is 38.5 Å². The van der Waals surface area contributed by atoms with Crippen molar-refractivity contribution < 1.29 is 9.59 Å². The van der Waals surface area contributed by atoms with Crippen LogP contribution in [0.1, 0.15) is 76.3 Å². The molecule has 6 nitrogen and oxygen atoms in total. The second-order valence-corrected chi connectivity index (χ2v) is 12.3. The van der Waals surface area contributed by atoms with Crippen molar-refractivity contribution in [2.45, 2.75) is 71.3 Å². The van der Waals surface area contributed by atoms with E-state index < -0.39 is 0 Å². The maximum Gasteiger partial charge on any atom is 0.238 e. The Hall–Kier alpha value is -2.95. The number of anilines is 1. The number of benzene rings is 2. The van der Waals surface area contributed by atoms with Crippen LogP contribution in [0, 0.1) is 17.2 Å². The molecule has 2 unspecified atom stereocenters. The number of hydrogen-bond acceptors (Lipinski definition) is 5. The number of carbonyl (C=O) groups is 2. The van der Waals surface area contributed by atoms with Crippen LogP contribution < -0.4 is 5.32 Å².